The summed E-state index contributed by atoms with van der Waals surface area (Å²) in [6.07, 6.45) is 0.557. The van der Waals surface area contributed by atoms with Crippen LogP contribution in [0.15, 0.2) is 30.3 Å². The number of hydrogen-bond acceptors (Lipinski definition) is 4. The van der Waals surface area contributed by atoms with Crippen LogP contribution in [0.2, 0.25) is 5.02 Å². The molecule has 4 nitrogen and oxygen atoms in total. The van der Waals surface area contributed by atoms with Gasteiger partial charge in [0.15, 0.2) is 5.82 Å². The van der Waals surface area contributed by atoms with Crippen LogP contribution in [-0.2, 0) is 6.42 Å². The summed E-state index contributed by atoms with van der Waals surface area (Å²) in [6.45, 7) is 0. The fourth-order valence-electron chi connectivity index (χ4n) is 1.38. The fourth-order valence-corrected chi connectivity index (χ4v) is 1.54. The molecule has 1 heterocycles. The topological polar surface area (TPSA) is 72.0 Å². The number of phenols is 1. The first-order valence-corrected chi connectivity index (χ1v) is 5.08. The molecule has 0 spiro atoms. The van der Waals surface area contributed by atoms with Crippen molar-refractivity contribution in [1.29, 1.82) is 0 Å². The van der Waals surface area contributed by atoms with Crippen LogP contribution >= 0.6 is 11.6 Å². The van der Waals surface area contributed by atoms with Gasteiger partial charge in [-0.1, -0.05) is 23.7 Å². The molecule has 0 aliphatic carbocycles. The standard InChI is InChI=1S/C11H10ClN3O/c12-10-6-8(14-15-11(10)13)4-7-2-1-3-9(16)5-7/h1-3,5-6,16H,4H2,(H2,13,15). The molecule has 0 unspecified atom stereocenters. The third-order valence-corrected chi connectivity index (χ3v) is 2.42. The first-order chi connectivity index (χ1) is 7.65. The summed E-state index contributed by atoms with van der Waals surface area (Å²) in [5.74, 6) is 0.452. The Balaban J connectivity index is 2.24. The van der Waals surface area contributed by atoms with Crippen molar-refractivity contribution in [2.24, 2.45) is 0 Å². The summed E-state index contributed by atoms with van der Waals surface area (Å²) in [5, 5.41) is 17.4. The van der Waals surface area contributed by atoms with Gasteiger partial charge >= 0.3 is 0 Å². The Morgan fingerprint density at radius 2 is 2.06 bits per heavy atom. The van der Waals surface area contributed by atoms with Crippen LogP contribution in [0.1, 0.15) is 11.3 Å². The number of nitrogen functional groups attached to an aromatic ring is 1. The van der Waals surface area contributed by atoms with E-state index < -0.39 is 0 Å². The van der Waals surface area contributed by atoms with E-state index in [1.54, 1.807) is 24.3 Å². The van der Waals surface area contributed by atoms with Crippen molar-refractivity contribution in [3.8, 4) is 5.75 Å². The van der Waals surface area contributed by atoms with E-state index in [-0.39, 0.29) is 11.6 Å². The van der Waals surface area contributed by atoms with Gasteiger partial charge in [0.2, 0.25) is 0 Å². The van der Waals surface area contributed by atoms with Gasteiger partial charge in [0, 0.05) is 6.42 Å². The van der Waals surface area contributed by atoms with Gasteiger partial charge in [-0.15, -0.1) is 5.10 Å². The molecule has 2 aromatic rings. The molecule has 0 aliphatic rings. The molecule has 1 aromatic heterocycles. The van der Waals surface area contributed by atoms with Gasteiger partial charge in [-0.2, -0.15) is 5.10 Å². The lowest BCUT2D eigenvalue weighted by Gasteiger charge is -2.02. The molecule has 2 rings (SSSR count). The monoisotopic (exact) mass is 235 g/mol. The van der Waals surface area contributed by atoms with Crippen LogP contribution in [0.3, 0.4) is 0 Å². The molecule has 0 saturated carbocycles. The molecule has 16 heavy (non-hydrogen) atoms. The summed E-state index contributed by atoms with van der Waals surface area (Å²) in [5.41, 5.74) is 7.11. The summed E-state index contributed by atoms with van der Waals surface area (Å²) in [6, 6.07) is 8.63. The number of phenolic OH excluding ortho intramolecular Hbond substituents is 1. The number of aromatic nitrogens is 2. The van der Waals surface area contributed by atoms with Crippen molar-refractivity contribution in [2.75, 3.05) is 5.73 Å². The van der Waals surface area contributed by atoms with Gasteiger partial charge in [-0.05, 0) is 23.8 Å². The highest BCUT2D eigenvalue weighted by Gasteiger charge is 2.03. The van der Waals surface area contributed by atoms with Crippen molar-refractivity contribution >= 4 is 17.4 Å². The third-order valence-electron chi connectivity index (χ3n) is 2.12. The van der Waals surface area contributed by atoms with Gasteiger partial charge in [0.05, 0.1) is 10.7 Å². The fraction of sp³-hybridized carbons (Fsp3) is 0.0909. The zero-order valence-electron chi connectivity index (χ0n) is 8.39. The minimum atomic E-state index is 0.223. The largest absolute Gasteiger partial charge is 0.508 e. The second-order valence-electron chi connectivity index (χ2n) is 3.42. The summed E-state index contributed by atoms with van der Waals surface area (Å²) in [4.78, 5) is 0. The number of halogens is 1. The summed E-state index contributed by atoms with van der Waals surface area (Å²) >= 11 is 5.83. The minimum Gasteiger partial charge on any atom is -0.508 e. The zero-order valence-corrected chi connectivity index (χ0v) is 9.15. The SMILES string of the molecule is Nc1nnc(Cc2cccc(O)c2)cc1Cl. The van der Waals surface area contributed by atoms with Crippen LogP contribution < -0.4 is 5.73 Å². The van der Waals surface area contributed by atoms with Crippen molar-refractivity contribution in [3.05, 3.63) is 46.6 Å². The van der Waals surface area contributed by atoms with E-state index in [4.69, 9.17) is 17.3 Å². The predicted octanol–water partition coefficient (Wildman–Crippen LogP) is 2.01. The number of nitrogens with zero attached hydrogens (tertiary/aromatic N) is 2. The molecule has 0 atom stereocenters. The number of benzene rings is 1. The van der Waals surface area contributed by atoms with E-state index in [1.807, 2.05) is 6.07 Å². The van der Waals surface area contributed by atoms with Crippen molar-refractivity contribution < 1.29 is 5.11 Å². The molecule has 0 saturated heterocycles. The summed E-state index contributed by atoms with van der Waals surface area (Å²) < 4.78 is 0. The maximum absolute atomic E-state index is 9.31. The van der Waals surface area contributed by atoms with Crippen LogP contribution in [0.4, 0.5) is 5.82 Å². The van der Waals surface area contributed by atoms with Crippen LogP contribution in [0.5, 0.6) is 5.75 Å². The Hall–Kier alpha value is -1.81. The smallest absolute Gasteiger partial charge is 0.164 e. The molecule has 0 aliphatic heterocycles. The molecular formula is C11H10ClN3O. The Labute approximate surface area is 97.7 Å². The van der Waals surface area contributed by atoms with Gasteiger partial charge in [0.1, 0.15) is 5.75 Å². The lowest BCUT2D eigenvalue weighted by molar-refractivity contribution is 0.474. The Morgan fingerprint density at radius 1 is 1.25 bits per heavy atom. The molecular weight excluding hydrogens is 226 g/mol. The van der Waals surface area contributed by atoms with Crippen molar-refractivity contribution in [1.82, 2.24) is 10.2 Å². The number of rotatable bonds is 2. The Kier molecular flexibility index (Phi) is 2.92. The molecule has 0 radical (unpaired) electrons. The number of aromatic hydroxyl groups is 1. The van der Waals surface area contributed by atoms with E-state index in [1.165, 1.54) is 0 Å². The maximum Gasteiger partial charge on any atom is 0.164 e. The van der Waals surface area contributed by atoms with E-state index in [0.29, 0.717) is 17.1 Å². The van der Waals surface area contributed by atoms with Crippen molar-refractivity contribution in [2.45, 2.75) is 6.42 Å². The highest BCUT2D eigenvalue weighted by Crippen LogP contribution is 2.18. The lowest BCUT2D eigenvalue weighted by Crippen LogP contribution is -1.99. The zero-order chi connectivity index (χ0) is 11.5. The average molecular weight is 236 g/mol. The highest BCUT2D eigenvalue weighted by atomic mass is 35.5. The Bertz CT molecular complexity index is 516. The molecule has 0 bridgehead atoms. The first-order valence-electron chi connectivity index (χ1n) is 4.70. The van der Waals surface area contributed by atoms with E-state index in [9.17, 15) is 5.11 Å². The van der Waals surface area contributed by atoms with E-state index in [0.717, 1.165) is 5.56 Å². The molecule has 1 aromatic carbocycles. The van der Waals surface area contributed by atoms with E-state index >= 15 is 0 Å². The van der Waals surface area contributed by atoms with Crippen LogP contribution in [-0.4, -0.2) is 15.3 Å². The average Bonchev–Trinajstić information content (AvgIpc) is 2.24. The minimum absolute atomic E-state index is 0.223. The number of nitrogens with two attached hydrogens (primary N) is 1. The number of hydrogen-bond donors (Lipinski definition) is 2. The molecule has 5 heteroatoms. The lowest BCUT2D eigenvalue weighted by atomic mass is 10.1. The summed E-state index contributed by atoms with van der Waals surface area (Å²) in [7, 11) is 0. The number of anilines is 1. The molecule has 0 fully saturated rings. The van der Waals surface area contributed by atoms with Gasteiger partial charge in [0.25, 0.3) is 0 Å². The van der Waals surface area contributed by atoms with Gasteiger partial charge in [-0.25, -0.2) is 0 Å². The normalized spacial score (nSPS) is 10.3. The quantitative estimate of drug-likeness (QED) is 0.835. The highest BCUT2D eigenvalue weighted by molar-refractivity contribution is 6.32. The van der Waals surface area contributed by atoms with Crippen LogP contribution in [0, 0.1) is 0 Å². The Morgan fingerprint density at radius 3 is 2.75 bits per heavy atom. The second-order valence-corrected chi connectivity index (χ2v) is 3.82. The first kappa shape index (κ1) is 10.7. The van der Waals surface area contributed by atoms with Gasteiger partial charge in [-0.3, -0.25) is 0 Å². The second kappa shape index (κ2) is 4.37. The third kappa shape index (κ3) is 2.41. The van der Waals surface area contributed by atoms with Crippen molar-refractivity contribution in [3.63, 3.8) is 0 Å². The molecule has 3 N–H and O–H groups in total. The molecule has 0 amide bonds. The molecule has 82 valence electrons. The maximum atomic E-state index is 9.31. The van der Waals surface area contributed by atoms with E-state index in [2.05, 4.69) is 10.2 Å². The van der Waals surface area contributed by atoms with Crippen LogP contribution in [0.25, 0.3) is 0 Å². The predicted molar refractivity (Wildman–Crippen MR) is 62.4 cm³/mol. The van der Waals surface area contributed by atoms with Gasteiger partial charge < -0.3 is 10.8 Å².